The topological polar surface area (TPSA) is 65.2 Å². The van der Waals surface area contributed by atoms with Crippen molar-refractivity contribution in [2.75, 3.05) is 4.90 Å². The van der Waals surface area contributed by atoms with Crippen molar-refractivity contribution >= 4 is 17.5 Å². The van der Waals surface area contributed by atoms with E-state index in [0.717, 1.165) is 48.9 Å². The van der Waals surface area contributed by atoms with Crippen molar-refractivity contribution in [1.82, 2.24) is 10.3 Å². The van der Waals surface area contributed by atoms with E-state index < -0.39 is 11.9 Å². The van der Waals surface area contributed by atoms with Gasteiger partial charge >= 0.3 is 0 Å². The molecule has 0 bridgehead atoms. The zero-order chi connectivity index (χ0) is 26.5. The van der Waals surface area contributed by atoms with Crippen LogP contribution in [0.25, 0.3) is 11.3 Å². The third-order valence-corrected chi connectivity index (χ3v) is 7.24. The number of nitrogens with zero attached hydrogens (tertiary/aromatic N) is 1. The molecule has 2 amide bonds. The molecule has 1 aromatic heterocycles. The van der Waals surface area contributed by atoms with Crippen LogP contribution in [0.5, 0.6) is 0 Å². The number of H-pyrrole nitrogens is 1. The Labute approximate surface area is 222 Å². The van der Waals surface area contributed by atoms with E-state index in [1.807, 2.05) is 67.6 Å². The highest BCUT2D eigenvalue weighted by atomic mass is 19.1. The van der Waals surface area contributed by atoms with Gasteiger partial charge in [0.05, 0.1) is 0 Å². The lowest BCUT2D eigenvalue weighted by molar-refractivity contribution is -0.123. The van der Waals surface area contributed by atoms with Crippen molar-refractivity contribution in [3.05, 3.63) is 114 Å². The first-order valence-corrected chi connectivity index (χ1v) is 13.2. The van der Waals surface area contributed by atoms with E-state index in [-0.39, 0.29) is 17.9 Å². The Morgan fingerprint density at radius 1 is 0.868 bits per heavy atom. The van der Waals surface area contributed by atoms with Gasteiger partial charge in [-0.15, -0.1) is 0 Å². The summed E-state index contributed by atoms with van der Waals surface area (Å²) in [7, 11) is 0. The number of anilines is 1. The summed E-state index contributed by atoms with van der Waals surface area (Å²) in [6, 6.07) is 25.8. The normalized spacial score (nSPS) is 14.6. The highest BCUT2D eigenvalue weighted by Gasteiger charge is 2.35. The number of amides is 2. The summed E-state index contributed by atoms with van der Waals surface area (Å²) in [6.45, 7) is 1.92. The number of halogens is 1. The first-order chi connectivity index (χ1) is 18.5. The molecular weight excluding hydrogens is 477 g/mol. The van der Waals surface area contributed by atoms with Gasteiger partial charge in [0.2, 0.25) is 5.91 Å². The molecule has 4 aromatic rings. The molecule has 1 aliphatic rings. The van der Waals surface area contributed by atoms with Crippen LogP contribution in [0.4, 0.5) is 10.1 Å². The third-order valence-electron chi connectivity index (χ3n) is 7.24. The number of aromatic nitrogens is 1. The number of nitrogens with one attached hydrogen (secondary N) is 2. The summed E-state index contributed by atoms with van der Waals surface area (Å²) in [5.41, 5.74) is 4.16. The maximum Gasteiger partial charge on any atom is 0.275 e. The summed E-state index contributed by atoms with van der Waals surface area (Å²) in [5, 5.41) is 3.20. The minimum atomic E-state index is -0.977. The van der Waals surface area contributed by atoms with Gasteiger partial charge in [0.15, 0.2) is 0 Å². The smallest absolute Gasteiger partial charge is 0.275 e. The molecule has 0 spiro atoms. The molecule has 5 nitrogen and oxygen atoms in total. The Morgan fingerprint density at radius 2 is 1.55 bits per heavy atom. The van der Waals surface area contributed by atoms with Crippen LogP contribution in [0, 0.1) is 12.7 Å². The highest BCUT2D eigenvalue weighted by molar-refractivity contribution is 6.10. The van der Waals surface area contributed by atoms with Gasteiger partial charge in [-0.2, -0.15) is 0 Å². The van der Waals surface area contributed by atoms with E-state index >= 15 is 0 Å². The van der Waals surface area contributed by atoms with Crippen LogP contribution in [0.1, 0.15) is 59.8 Å². The maximum atomic E-state index is 14.3. The molecule has 38 heavy (non-hydrogen) atoms. The number of rotatable bonds is 7. The lowest BCUT2D eigenvalue weighted by Crippen LogP contribution is -2.47. The fourth-order valence-corrected chi connectivity index (χ4v) is 5.22. The molecule has 3 aromatic carbocycles. The van der Waals surface area contributed by atoms with E-state index in [9.17, 15) is 14.0 Å². The number of carbonyl (C=O) groups excluding carboxylic acids is 2. The van der Waals surface area contributed by atoms with Crippen LogP contribution in [0.15, 0.2) is 91.0 Å². The summed E-state index contributed by atoms with van der Waals surface area (Å²) in [5.74, 6) is -1.00. The fraction of sp³-hybridized carbons (Fsp3) is 0.250. The molecule has 1 heterocycles. The number of hydrogen-bond acceptors (Lipinski definition) is 2. The zero-order valence-electron chi connectivity index (χ0n) is 21.5. The van der Waals surface area contributed by atoms with E-state index in [0.29, 0.717) is 16.9 Å². The van der Waals surface area contributed by atoms with Crippen molar-refractivity contribution < 1.29 is 14.0 Å². The number of hydrogen-bond donors (Lipinski definition) is 2. The SMILES string of the molecule is Cc1ccccc1N(C(=O)c1ccc(-c2ccccc2)[nH]1)[C@H](C(=O)NC1CCCCC1)c1ccc(F)cc1. The fourth-order valence-electron chi connectivity index (χ4n) is 5.22. The number of para-hydroxylation sites is 1. The van der Waals surface area contributed by atoms with Crippen LogP contribution in [-0.2, 0) is 4.79 Å². The molecular formula is C32H32FN3O2. The van der Waals surface area contributed by atoms with Gasteiger partial charge in [-0.3, -0.25) is 14.5 Å². The van der Waals surface area contributed by atoms with Gasteiger partial charge < -0.3 is 10.3 Å². The number of aromatic amines is 1. The van der Waals surface area contributed by atoms with E-state index in [4.69, 9.17) is 0 Å². The number of benzene rings is 3. The largest absolute Gasteiger partial charge is 0.351 e. The Kier molecular flexibility index (Phi) is 7.68. The molecule has 5 rings (SSSR count). The van der Waals surface area contributed by atoms with Crippen molar-refractivity contribution in [1.29, 1.82) is 0 Å². The van der Waals surface area contributed by atoms with Crippen molar-refractivity contribution in [3.8, 4) is 11.3 Å². The Morgan fingerprint density at radius 3 is 2.26 bits per heavy atom. The predicted octanol–water partition coefficient (Wildman–Crippen LogP) is 6.97. The molecule has 0 aliphatic heterocycles. The van der Waals surface area contributed by atoms with Gasteiger partial charge in [-0.1, -0.05) is 79.9 Å². The van der Waals surface area contributed by atoms with Gasteiger partial charge in [0, 0.05) is 17.4 Å². The van der Waals surface area contributed by atoms with Crippen molar-refractivity contribution in [2.24, 2.45) is 0 Å². The molecule has 6 heteroatoms. The molecule has 194 valence electrons. The quantitative estimate of drug-likeness (QED) is 0.283. The van der Waals surface area contributed by atoms with E-state index in [1.54, 1.807) is 23.1 Å². The van der Waals surface area contributed by atoms with Crippen LogP contribution < -0.4 is 10.2 Å². The average Bonchev–Trinajstić information content (AvgIpc) is 3.44. The molecule has 1 fully saturated rings. The summed E-state index contributed by atoms with van der Waals surface area (Å²) >= 11 is 0. The molecule has 0 unspecified atom stereocenters. The predicted molar refractivity (Wildman–Crippen MR) is 148 cm³/mol. The average molecular weight is 510 g/mol. The molecule has 2 N–H and O–H groups in total. The van der Waals surface area contributed by atoms with Crippen LogP contribution in [0.2, 0.25) is 0 Å². The minimum absolute atomic E-state index is 0.0585. The van der Waals surface area contributed by atoms with Crippen LogP contribution >= 0.6 is 0 Å². The molecule has 1 aliphatic carbocycles. The zero-order valence-corrected chi connectivity index (χ0v) is 21.5. The lowest BCUT2D eigenvalue weighted by Gasteiger charge is -2.34. The summed E-state index contributed by atoms with van der Waals surface area (Å²) < 4.78 is 13.9. The van der Waals surface area contributed by atoms with Crippen LogP contribution in [-0.4, -0.2) is 22.8 Å². The van der Waals surface area contributed by atoms with Crippen molar-refractivity contribution in [3.63, 3.8) is 0 Å². The second kappa shape index (κ2) is 11.5. The number of aryl methyl sites for hydroxylation is 1. The molecule has 0 radical (unpaired) electrons. The molecule has 1 atom stereocenters. The Balaban J connectivity index is 1.58. The highest BCUT2D eigenvalue weighted by Crippen LogP contribution is 2.33. The number of carbonyl (C=O) groups is 2. The maximum absolute atomic E-state index is 14.3. The first-order valence-electron chi connectivity index (χ1n) is 13.2. The molecule has 1 saturated carbocycles. The van der Waals surface area contributed by atoms with Crippen molar-refractivity contribution in [2.45, 2.75) is 51.1 Å². The lowest BCUT2D eigenvalue weighted by atomic mass is 9.94. The van der Waals surface area contributed by atoms with Gasteiger partial charge in [-0.25, -0.2) is 4.39 Å². The first kappa shape index (κ1) is 25.5. The molecule has 0 saturated heterocycles. The minimum Gasteiger partial charge on any atom is -0.351 e. The second-order valence-electron chi connectivity index (χ2n) is 9.91. The Hall–Kier alpha value is -4.19. The van der Waals surface area contributed by atoms with Gasteiger partial charge in [-0.05, 0) is 66.8 Å². The second-order valence-corrected chi connectivity index (χ2v) is 9.91. The van der Waals surface area contributed by atoms with Gasteiger partial charge in [0.1, 0.15) is 17.6 Å². The van der Waals surface area contributed by atoms with E-state index in [1.165, 1.54) is 12.1 Å². The summed E-state index contributed by atoms with van der Waals surface area (Å²) in [4.78, 5) is 33.0. The monoisotopic (exact) mass is 509 g/mol. The Bertz CT molecular complexity index is 1390. The van der Waals surface area contributed by atoms with Crippen LogP contribution in [0.3, 0.4) is 0 Å². The summed E-state index contributed by atoms with van der Waals surface area (Å²) in [6.07, 6.45) is 5.13. The standard InChI is InChI=1S/C32H32FN3O2/c1-22-10-8-9-15-29(22)36(32(38)28-21-20-27(35-28)23-11-4-2-5-12-23)30(24-16-18-25(33)19-17-24)31(37)34-26-13-6-3-7-14-26/h2,4-5,8-12,15-21,26,30,35H,3,6-7,13-14H2,1H3,(H,34,37)/t30-/m0/s1. The third kappa shape index (κ3) is 5.54. The van der Waals surface area contributed by atoms with E-state index in [2.05, 4.69) is 10.3 Å². The van der Waals surface area contributed by atoms with Gasteiger partial charge in [0.25, 0.3) is 5.91 Å².